The molecule has 1 atom stereocenters. The van der Waals surface area contributed by atoms with E-state index in [0.717, 1.165) is 17.7 Å². The molecule has 0 saturated heterocycles. The summed E-state index contributed by atoms with van der Waals surface area (Å²) in [6.07, 6.45) is 1.12. The highest BCUT2D eigenvalue weighted by molar-refractivity contribution is 5.55. The second-order valence-electron chi connectivity index (χ2n) is 4.03. The molecule has 1 aromatic carbocycles. The maximum Gasteiger partial charge on any atom is 0.269 e. The van der Waals surface area contributed by atoms with Gasteiger partial charge in [0.1, 0.15) is 0 Å². The van der Waals surface area contributed by atoms with Gasteiger partial charge in [0.25, 0.3) is 5.69 Å². The first-order chi connectivity index (χ1) is 8.04. The number of hydrogen-bond acceptors (Lipinski definition) is 4. The monoisotopic (exact) mass is 238 g/mol. The summed E-state index contributed by atoms with van der Waals surface area (Å²) >= 11 is 0. The summed E-state index contributed by atoms with van der Waals surface area (Å²) in [6, 6.07) is 4.72. The third-order valence-corrected chi connectivity index (χ3v) is 2.69. The van der Waals surface area contributed by atoms with E-state index in [-0.39, 0.29) is 11.8 Å². The third-order valence-electron chi connectivity index (χ3n) is 2.69. The largest absolute Gasteiger partial charge is 0.393 e. The highest BCUT2D eigenvalue weighted by atomic mass is 16.6. The van der Waals surface area contributed by atoms with Gasteiger partial charge in [0, 0.05) is 24.4 Å². The molecule has 0 saturated carbocycles. The lowest BCUT2D eigenvalue weighted by Gasteiger charge is -2.11. The Balaban J connectivity index is 2.57. The lowest BCUT2D eigenvalue weighted by Crippen LogP contribution is -2.12. The number of non-ortho nitro benzene ring substituents is 1. The van der Waals surface area contributed by atoms with Crippen molar-refractivity contribution in [3.8, 4) is 0 Å². The zero-order valence-electron chi connectivity index (χ0n) is 10.1. The molecule has 5 nitrogen and oxygen atoms in total. The molecule has 1 aromatic rings. The highest BCUT2D eigenvalue weighted by Crippen LogP contribution is 2.21. The minimum atomic E-state index is -0.405. The number of hydrogen-bond donors (Lipinski definition) is 2. The van der Waals surface area contributed by atoms with Crippen LogP contribution in [0.1, 0.15) is 25.3 Å². The number of anilines is 1. The first-order valence-electron chi connectivity index (χ1n) is 5.71. The number of aliphatic hydroxyl groups excluding tert-OH is 1. The van der Waals surface area contributed by atoms with Gasteiger partial charge in [-0.15, -0.1) is 0 Å². The van der Waals surface area contributed by atoms with Crippen LogP contribution in [0.15, 0.2) is 18.2 Å². The number of nitro groups is 1. The van der Waals surface area contributed by atoms with E-state index in [1.165, 1.54) is 6.07 Å². The second-order valence-corrected chi connectivity index (χ2v) is 4.03. The minimum absolute atomic E-state index is 0.0987. The van der Waals surface area contributed by atoms with Crippen molar-refractivity contribution in [3.63, 3.8) is 0 Å². The first-order valence-corrected chi connectivity index (χ1v) is 5.71. The zero-order chi connectivity index (χ0) is 12.8. The van der Waals surface area contributed by atoms with Crippen LogP contribution in [0, 0.1) is 17.0 Å². The number of aliphatic hydroxyl groups is 1. The number of nitrogens with zero attached hydrogens (tertiary/aromatic N) is 1. The molecule has 2 N–H and O–H groups in total. The molecular weight excluding hydrogens is 220 g/mol. The molecule has 0 heterocycles. The molecule has 1 unspecified atom stereocenters. The van der Waals surface area contributed by atoms with Crippen molar-refractivity contribution in [1.82, 2.24) is 0 Å². The van der Waals surface area contributed by atoms with Crippen LogP contribution in [0.25, 0.3) is 0 Å². The predicted octanol–water partition coefficient (Wildman–Crippen LogP) is 2.48. The summed E-state index contributed by atoms with van der Waals surface area (Å²) in [5.41, 5.74) is 1.81. The number of nitrogens with one attached hydrogen (secondary N) is 1. The van der Waals surface area contributed by atoms with E-state index < -0.39 is 4.92 Å². The van der Waals surface area contributed by atoms with Crippen molar-refractivity contribution < 1.29 is 10.0 Å². The lowest BCUT2D eigenvalue weighted by atomic mass is 10.1. The number of rotatable bonds is 6. The molecule has 0 bridgehead atoms. The van der Waals surface area contributed by atoms with Gasteiger partial charge in [-0.3, -0.25) is 10.1 Å². The van der Waals surface area contributed by atoms with Gasteiger partial charge in [-0.25, -0.2) is 0 Å². The van der Waals surface area contributed by atoms with E-state index in [0.29, 0.717) is 13.0 Å². The molecule has 0 radical (unpaired) electrons. The van der Waals surface area contributed by atoms with Crippen LogP contribution in [0.5, 0.6) is 0 Å². The molecule has 0 aliphatic carbocycles. The van der Waals surface area contributed by atoms with Crippen molar-refractivity contribution >= 4 is 11.4 Å². The predicted molar refractivity (Wildman–Crippen MR) is 67.2 cm³/mol. The van der Waals surface area contributed by atoms with E-state index in [4.69, 9.17) is 0 Å². The molecule has 0 aromatic heterocycles. The van der Waals surface area contributed by atoms with E-state index in [9.17, 15) is 15.2 Å². The topological polar surface area (TPSA) is 75.4 Å². The van der Waals surface area contributed by atoms with Gasteiger partial charge < -0.3 is 10.4 Å². The van der Waals surface area contributed by atoms with Crippen LogP contribution < -0.4 is 5.32 Å². The lowest BCUT2D eigenvalue weighted by molar-refractivity contribution is -0.384. The van der Waals surface area contributed by atoms with Gasteiger partial charge in [0.2, 0.25) is 0 Å². The quantitative estimate of drug-likeness (QED) is 0.589. The molecule has 0 aliphatic rings. The van der Waals surface area contributed by atoms with Crippen molar-refractivity contribution in [2.75, 3.05) is 11.9 Å². The minimum Gasteiger partial charge on any atom is -0.393 e. The Hall–Kier alpha value is -1.62. The Morgan fingerprint density at radius 2 is 2.24 bits per heavy atom. The Bertz CT molecular complexity index is 393. The SMILES string of the molecule is CCC(O)CCNc1ccc([N+](=O)[O-])cc1C. The zero-order valence-corrected chi connectivity index (χ0v) is 10.1. The summed E-state index contributed by atoms with van der Waals surface area (Å²) in [5.74, 6) is 0. The fourth-order valence-corrected chi connectivity index (χ4v) is 1.54. The van der Waals surface area contributed by atoms with Crippen LogP contribution in [-0.4, -0.2) is 22.7 Å². The van der Waals surface area contributed by atoms with Gasteiger partial charge in [-0.2, -0.15) is 0 Å². The molecular formula is C12H18N2O3. The molecule has 5 heteroatoms. The summed E-state index contributed by atoms with van der Waals surface area (Å²) in [5, 5.41) is 23.1. The Morgan fingerprint density at radius 1 is 1.53 bits per heavy atom. The summed E-state index contributed by atoms with van der Waals surface area (Å²) in [4.78, 5) is 10.2. The van der Waals surface area contributed by atoms with Crippen molar-refractivity contribution in [3.05, 3.63) is 33.9 Å². The van der Waals surface area contributed by atoms with Gasteiger partial charge in [0.15, 0.2) is 0 Å². The van der Waals surface area contributed by atoms with Crippen LogP contribution in [0.3, 0.4) is 0 Å². The molecule has 1 rings (SSSR count). The molecule has 0 spiro atoms. The van der Waals surface area contributed by atoms with E-state index in [1.54, 1.807) is 12.1 Å². The normalized spacial score (nSPS) is 12.2. The summed E-state index contributed by atoms with van der Waals surface area (Å²) in [7, 11) is 0. The molecule has 0 aliphatic heterocycles. The number of aryl methyl sites for hydroxylation is 1. The fraction of sp³-hybridized carbons (Fsp3) is 0.500. The maximum absolute atomic E-state index is 10.6. The van der Waals surface area contributed by atoms with Crippen LogP contribution in [-0.2, 0) is 0 Å². The van der Waals surface area contributed by atoms with Gasteiger partial charge >= 0.3 is 0 Å². The number of nitro benzene ring substituents is 1. The van der Waals surface area contributed by atoms with E-state index in [2.05, 4.69) is 5.32 Å². The van der Waals surface area contributed by atoms with Crippen molar-refractivity contribution in [1.29, 1.82) is 0 Å². The van der Waals surface area contributed by atoms with E-state index in [1.807, 2.05) is 13.8 Å². The average Bonchev–Trinajstić information content (AvgIpc) is 2.30. The highest BCUT2D eigenvalue weighted by Gasteiger charge is 2.08. The first kappa shape index (κ1) is 13.4. The Labute approximate surface area is 101 Å². The van der Waals surface area contributed by atoms with Crippen LogP contribution in [0.2, 0.25) is 0 Å². The van der Waals surface area contributed by atoms with Crippen molar-refractivity contribution in [2.45, 2.75) is 32.8 Å². The Kier molecular flexibility index (Phi) is 4.90. The summed E-state index contributed by atoms with van der Waals surface area (Å²) in [6.45, 7) is 4.42. The number of benzene rings is 1. The second kappa shape index (κ2) is 6.20. The van der Waals surface area contributed by atoms with E-state index >= 15 is 0 Å². The molecule has 0 fully saturated rings. The van der Waals surface area contributed by atoms with Gasteiger partial charge in [0.05, 0.1) is 11.0 Å². The summed E-state index contributed by atoms with van der Waals surface area (Å²) < 4.78 is 0. The van der Waals surface area contributed by atoms with Crippen LogP contribution in [0.4, 0.5) is 11.4 Å². The van der Waals surface area contributed by atoms with Crippen LogP contribution >= 0.6 is 0 Å². The third kappa shape index (κ3) is 4.03. The fourth-order valence-electron chi connectivity index (χ4n) is 1.54. The average molecular weight is 238 g/mol. The molecule has 0 amide bonds. The maximum atomic E-state index is 10.6. The molecule has 94 valence electrons. The standard InChI is InChI=1S/C12H18N2O3/c1-3-11(15)6-7-13-12-5-4-10(14(16)17)8-9(12)2/h4-5,8,11,13,15H,3,6-7H2,1-2H3. The smallest absolute Gasteiger partial charge is 0.269 e. The molecule has 17 heavy (non-hydrogen) atoms. The van der Waals surface area contributed by atoms with Gasteiger partial charge in [-0.05, 0) is 31.4 Å². The Morgan fingerprint density at radius 3 is 2.76 bits per heavy atom. The van der Waals surface area contributed by atoms with Gasteiger partial charge in [-0.1, -0.05) is 6.92 Å². The van der Waals surface area contributed by atoms with Crippen molar-refractivity contribution in [2.24, 2.45) is 0 Å².